The number of hydrogen-bond donors (Lipinski definition) is 1. The van der Waals surface area contributed by atoms with Gasteiger partial charge in [-0.15, -0.1) is 12.3 Å². The van der Waals surface area contributed by atoms with Crippen LogP contribution in [-0.2, 0) is 0 Å². The highest BCUT2D eigenvalue weighted by atomic mass is 127. The van der Waals surface area contributed by atoms with Gasteiger partial charge in [0.15, 0.2) is 0 Å². The molecule has 2 nitrogen and oxygen atoms in total. The molecule has 3 heteroatoms. The first-order valence-corrected chi connectivity index (χ1v) is 4.37. The van der Waals surface area contributed by atoms with Gasteiger partial charge in [0.25, 0.3) is 0 Å². The van der Waals surface area contributed by atoms with Gasteiger partial charge in [-0.1, -0.05) is 0 Å². The predicted octanol–water partition coefficient (Wildman–Crippen LogP) is 0.634. The molecule has 0 unspecified atom stereocenters. The van der Waals surface area contributed by atoms with Crippen molar-refractivity contribution < 1.29 is 0 Å². The molecule has 1 aliphatic heterocycles. The van der Waals surface area contributed by atoms with Gasteiger partial charge in [-0.25, -0.2) is 3.11 Å². The van der Waals surface area contributed by atoms with E-state index in [2.05, 4.69) is 37.2 Å². The SMILES string of the molecule is C#CC[C@@H]1CNCCN1I. The third kappa shape index (κ3) is 2.11. The molecule has 0 spiro atoms. The van der Waals surface area contributed by atoms with Crippen molar-refractivity contribution in [3.8, 4) is 12.3 Å². The fraction of sp³-hybridized carbons (Fsp3) is 0.714. The Balaban J connectivity index is 2.34. The summed E-state index contributed by atoms with van der Waals surface area (Å²) in [7, 11) is 0. The Labute approximate surface area is 75.9 Å². The summed E-state index contributed by atoms with van der Waals surface area (Å²) in [5.74, 6) is 2.68. The standard InChI is InChI=1S/C7H11IN2/c1-2-3-7-6-9-4-5-10(7)8/h1,7,9H,3-6H2/t7-/m1/s1. The number of hydrogen-bond acceptors (Lipinski definition) is 2. The first kappa shape index (κ1) is 8.31. The average Bonchev–Trinajstić information content (AvgIpc) is 1.94. The molecule has 0 amide bonds. The molecule has 10 heavy (non-hydrogen) atoms. The summed E-state index contributed by atoms with van der Waals surface area (Å²) in [5.41, 5.74) is 0. The van der Waals surface area contributed by atoms with Crippen LogP contribution in [0.4, 0.5) is 0 Å². The van der Waals surface area contributed by atoms with Gasteiger partial charge >= 0.3 is 0 Å². The Morgan fingerprint density at radius 1 is 1.80 bits per heavy atom. The van der Waals surface area contributed by atoms with Crippen LogP contribution in [0.2, 0.25) is 0 Å². The highest BCUT2D eigenvalue weighted by Crippen LogP contribution is 2.11. The summed E-state index contributed by atoms with van der Waals surface area (Å²) in [5, 5.41) is 3.31. The van der Waals surface area contributed by atoms with E-state index < -0.39 is 0 Å². The van der Waals surface area contributed by atoms with Crippen LogP contribution in [-0.4, -0.2) is 28.8 Å². The Bertz CT molecular complexity index is 141. The minimum absolute atomic E-state index is 0.541. The lowest BCUT2D eigenvalue weighted by atomic mass is 10.2. The molecule has 1 saturated heterocycles. The summed E-state index contributed by atoms with van der Waals surface area (Å²) >= 11 is 2.34. The van der Waals surface area contributed by atoms with Crippen LogP contribution in [0.15, 0.2) is 0 Å². The van der Waals surface area contributed by atoms with Crippen molar-refractivity contribution in [3.05, 3.63) is 0 Å². The Morgan fingerprint density at radius 3 is 3.20 bits per heavy atom. The van der Waals surface area contributed by atoms with Crippen molar-refractivity contribution >= 4 is 22.9 Å². The van der Waals surface area contributed by atoms with E-state index in [1.54, 1.807) is 0 Å². The summed E-state index contributed by atoms with van der Waals surface area (Å²) in [6.07, 6.45) is 6.07. The second kappa shape index (κ2) is 4.16. The van der Waals surface area contributed by atoms with E-state index in [-0.39, 0.29) is 0 Å². The van der Waals surface area contributed by atoms with Crippen molar-refractivity contribution in [1.82, 2.24) is 8.43 Å². The normalized spacial score (nSPS) is 27.8. The van der Waals surface area contributed by atoms with Crippen LogP contribution in [0, 0.1) is 12.3 Å². The van der Waals surface area contributed by atoms with Gasteiger partial charge in [-0.05, 0) is 0 Å². The van der Waals surface area contributed by atoms with Crippen LogP contribution in [0.3, 0.4) is 0 Å². The van der Waals surface area contributed by atoms with Crippen LogP contribution in [0.1, 0.15) is 6.42 Å². The van der Waals surface area contributed by atoms with Gasteiger partial charge in [0.05, 0.1) is 0 Å². The summed E-state index contributed by atoms with van der Waals surface area (Å²) in [4.78, 5) is 0. The molecule has 0 radical (unpaired) electrons. The number of halogens is 1. The number of nitrogens with one attached hydrogen (secondary N) is 1. The molecule has 1 heterocycles. The highest BCUT2D eigenvalue weighted by molar-refractivity contribution is 14.1. The van der Waals surface area contributed by atoms with Crippen LogP contribution < -0.4 is 5.32 Å². The summed E-state index contributed by atoms with van der Waals surface area (Å²) in [6, 6.07) is 0.541. The zero-order valence-electron chi connectivity index (χ0n) is 5.81. The molecule has 1 N–H and O–H groups in total. The monoisotopic (exact) mass is 250 g/mol. The third-order valence-corrected chi connectivity index (χ3v) is 2.90. The Kier molecular flexibility index (Phi) is 3.46. The van der Waals surface area contributed by atoms with E-state index in [1.807, 2.05) is 0 Å². The van der Waals surface area contributed by atoms with Gasteiger partial charge in [-0.2, -0.15) is 0 Å². The van der Waals surface area contributed by atoms with E-state index in [0.29, 0.717) is 6.04 Å². The lowest BCUT2D eigenvalue weighted by Gasteiger charge is -2.29. The number of nitrogens with zero attached hydrogens (tertiary/aromatic N) is 1. The van der Waals surface area contributed by atoms with E-state index in [1.165, 1.54) is 0 Å². The highest BCUT2D eigenvalue weighted by Gasteiger charge is 2.17. The number of rotatable bonds is 1. The molecule has 0 bridgehead atoms. The van der Waals surface area contributed by atoms with Gasteiger partial charge in [0.1, 0.15) is 0 Å². The minimum Gasteiger partial charge on any atom is -0.314 e. The molecule has 0 aromatic heterocycles. The smallest absolute Gasteiger partial charge is 0.0428 e. The maximum Gasteiger partial charge on any atom is 0.0428 e. The van der Waals surface area contributed by atoms with Crippen molar-refractivity contribution in [3.63, 3.8) is 0 Å². The molecular weight excluding hydrogens is 239 g/mol. The zero-order valence-corrected chi connectivity index (χ0v) is 7.97. The van der Waals surface area contributed by atoms with Gasteiger partial charge in [-0.3, -0.25) is 0 Å². The largest absolute Gasteiger partial charge is 0.314 e. The molecule has 56 valence electrons. The molecule has 0 saturated carbocycles. The molecule has 0 aromatic rings. The number of terminal acetylenes is 1. The van der Waals surface area contributed by atoms with Crippen LogP contribution >= 0.6 is 22.9 Å². The van der Waals surface area contributed by atoms with Crippen molar-refractivity contribution in [2.45, 2.75) is 12.5 Å². The van der Waals surface area contributed by atoms with Crippen LogP contribution in [0.25, 0.3) is 0 Å². The number of piperazine rings is 1. The first-order valence-electron chi connectivity index (χ1n) is 3.41. The van der Waals surface area contributed by atoms with Gasteiger partial charge in [0, 0.05) is 55.0 Å². The van der Waals surface area contributed by atoms with Gasteiger partial charge in [0.2, 0.25) is 0 Å². The van der Waals surface area contributed by atoms with E-state index in [4.69, 9.17) is 6.42 Å². The van der Waals surface area contributed by atoms with Crippen molar-refractivity contribution in [2.24, 2.45) is 0 Å². The Hall–Kier alpha value is 0.210. The average molecular weight is 250 g/mol. The van der Waals surface area contributed by atoms with E-state index >= 15 is 0 Å². The van der Waals surface area contributed by atoms with Crippen molar-refractivity contribution in [2.75, 3.05) is 19.6 Å². The third-order valence-electron chi connectivity index (χ3n) is 1.63. The quantitative estimate of drug-likeness (QED) is 0.417. The van der Waals surface area contributed by atoms with E-state index in [9.17, 15) is 0 Å². The predicted molar refractivity (Wildman–Crippen MR) is 50.8 cm³/mol. The van der Waals surface area contributed by atoms with Crippen molar-refractivity contribution in [1.29, 1.82) is 0 Å². The maximum absolute atomic E-state index is 5.21. The minimum atomic E-state index is 0.541. The maximum atomic E-state index is 5.21. The molecule has 1 aliphatic rings. The second-order valence-corrected chi connectivity index (χ2v) is 3.63. The lowest BCUT2D eigenvalue weighted by Crippen LogP contribution is -2.46. The second-order valence-electron chi connectivity index (χ2n) is 2.39. The molecule has 1 atom stereocenters. The molecule has 0 aromatic carbocycles. The molecule has 1 fully saturated rings. The zero-order chi connectivity index (χ0) is 7.40. The van der Waals surface area contributed by atoms with Crippen LogP contribution in [0.5, 0.6) is 0 Å². The summed E-state index contributed by atoms with van der Waals surface area (Å²) in [6.45, 7) is 3.23. The fourth-order valence-electron chi connectivity index (χ4n) is 1.04. The Morgan fingerprint density at radius 2 is 2.60 bits per heavy atom. The molecule has 1 rings (SSSR count). The fourth-order valence-corrected chi connectivity index (χ4v) is 1.68. The molecule has 0 aliphatic carbocycles. The van der Waals surface area contributed by atoms with E-state index in [0.717, 1.165) is 26.1 Å². The lowest BCUT2D eigenvalue weighted by molar-refractivity contribution is 0.319. The molecular formula is C7H11IN2. The topological polar surface area (TPSA) is 15.3 Å². The first-order chi connectivity index (χ1) is 4.84. The summed E-state index contributed by atoms with van der Waals surface area (Å²) < 4.78 is 2.29. The van der Waals surface area contributed by atoms with Gasteiger partial charge < -0.3 is 5.32 Å².